The second-order valence-electron chi connectivity index (χ2n) is 4.24. The summed E-state index contributed by atoms with van der Waals surface area (Å²) < 4.78 is 22.2. The number of hydrogen-bond acceptors (Lipinski definition) is 3. The summed E-state index contributed by atoms with van der Waals surface area (Å²) in [5.74, 6) is -0.163. The second-order valence-corrected chi connectivity index (χ2v) is 6.80. The third-order valence-corrected chi connectivity index (χ3v) is 3.88. The minimum atomic E-state index is -3.76. The number of carbonyl (C=O) groups is 1. The lowest BCUT2D eigenvalue weighted by Crippen LogP contribution is -2.32. The van der Waals surface area contributed by atoms with Crippen molar-refractivity contribution in [3.63, 3.8) is 0 Å². The first-order chi connectivity index (χ1) is 8.75. The molecule has 4 nitrogen and oxygen atoms in total. The summed E-state index contributed by atoms with van der Waals surface area (Å²) in [6, 6.07) is 5.56. The molecule has 0 spiro atoms. The summed E-state index contributed by atoms with van der Waals surface area (Å²) in [6.07, 6.45) is 0. The Labute approximate surface area is 118 Å². The van der Waals surface area contributed by atoms with E-state index < -0.39 is 9.05 Å². The number of nitrogens with zero attached hydrogens (tertiary/aromatic N) is 1. The molecule has 0 N–H and O–H groups in total. The molecule has 0 aliphatic carbocycles. The molecule has 0 saturated heterocycles. The molecule has 0 aromatic heterocycles. The largest absolute Gasteiger partial charge is 0.335 e. The average molecular weight is 302 g/mol. The molecule has 0 bridgehead atoms. The van der Waals surface area contributed by atoms with Crippen molar-refractivity contribution in [2.45, 2.75) is 18.7 Å². The van der Waals surface area contributed by atoms with Crippen LogP contribution in [0.5, 0.6) is 0 Å². The first kappa shape index (κ1) is 15.7. The van der Waals surface area contributed by atoms with Gasteiger partial charge in [-0.1, -0.05) is 12.2 Å². The molecule has 0 aliphatic heterocycles. The van der Waals surface area contributed by atoms with Crippen LogP contribution in [0.1, 0.15) is 24.2 Å². The Morgan fingerprint density at radius 1 is 1.32 bits per heavy atom. The van der Waals surface area contributed by atoms with Crippen LogP contribution < -0.4 is 0 Å². The van der Waals surface area contributed by atoms with Crippen molar-refractivity contribution in [3.05, 3.63) is 42.0 Å². The molecule has 1 aromatic rings. The van der Waals surface area contributed by atoms with Gasteiger partial charge in [0, 0.05) is 29.3 Å². The second kappa shape index (κ2) is 6.21. The Hall–Kier alpha value is -1.33. The zero-order chi connectivity index (χ0) is 14.6. The lowest BCUT2D eigenvalue weighted by atomic mass is 10.2. The van der Waals surface area contributed by atoms with Crippen molar-refractivity contribution in [1.82, 2.24) is 4.90 Å². The van der Waals surface area contributed by atoms with Gasteiger partial charge >= 0.3 is 0 Å². The van der Waals surface area contributed by atoms with E-state index in [4.69, 9.17) is 10.7 Å². The molecule has 0 fully saturated rings. The fourth-order valence-corrected chi connectivity index (χ4v) is 2.37. The minimum Gasteiger partial charge on any atom is -0.335 e. The summed E-state index contributed by atoms with van der Waals surface area (Å²) in [5.41, 5.74) is 1.31. The Bertz CT molecular complexity index is 578. The van der Waals surface area contributed by atoms with Crippen LogP contribution in [-0.2, 0) is 9.05 Å². The van der Waals surface area contributed by atoms with Gasteiger partial charge in [0.15, 0.2) is 0 Å². The third-order valence-electron chi connectivity index (χ3n) is 2.51. The molecule has 1 aromatic carbocycles. The number of hydrogen-bond donors (Lipinski definition) is 0. The lowest BCUT2D eigenvalue weighted by Gasteiger charge is -2.21. The molecule has 1 rings (SSSR count). The van der Waals surface area contributed by atoms with Crippen LogP contribution in [0.3, 0.4) is 0 Å². The lowest BCUT2D eigenvalue weighted by molar-refractivity contribution is 0.0778. The molecule has 6 heteroatoms. The van der Waals surface area contributed by atoms with Gasteiger partial charge in [-0.2, -0.15) is 0 Å². The highest BCUT2D eigenvalue weighted by atomic mass is 35.7. The maximum atomic E-state index is 12.2. The molecule has 104 valence electrons. The first-order valence-electron chi connectivity index (χ1n) is 5.74. The Morgan fingerprint density at radius 2 is 1.84 bits per heavy atom. The number of likely N-dealkylation sites (N-methyl/N-ethyl adjacent to an activating group) is 1. The molecule has 1 amide bonds. The van der Waals surface area contributed by atoms with Crippen LogP contribution in [0.25, 0.3) is 0 Å². The Balaban J connectivity index is 2.97. The van der Waals surface area contributed by atoms with E-state index in [1.165, 1.54) is 24.3 Å². The predicted octanol–water partition coefficient (Wildman–Crippen LogP) is 2.65. The molecule has 19 heavy (non-hydrogen) atoms. The van der Waals surface area contributed by atoms with Gasteiger partial charge in [0.1, 0.15) is 0 Å². The zero-order valence-corrected chi connectivity index (χ0v) is 12.5. The van der Waals surface area contributed by atoms with Gasteiger partial charge in [-0.05, 0) is 38.1 Å². The number of carbonyl (C=O) groups excluding carboxylic acids is 1. The number of halogens is 1. The smallest absolute Gasteiger partial charge is 0.261 e. The van der Waals surface area contributed by atoms with E-state index >= 15 is 0 Å². The quantitative estimate of drug-likeness (QED) is 0.620. The van der Waals surface area contributed by atoms with Gasteiger partial charge in [0.2, 0.25) is 0 Å². The Kier molecular flexibility index (Phi) is 5.14. The molecule has 0 atom stereocenters. The van der Waals surface area contributed by atoms with Crippen LogP contribution in [0.15, 0.2) is 41.3 Å². The minimum absolute atomic E-state index is 0.0198. The van der Waals surface area contributed by atoms with Gasteiger partial charge in [0.25, 0.3) is 15.0 Å². The standard InChI is InChI=1S/C13H16ClNO3S/c1-4-15(9-10(2)3)13(16)11-5-7-12(8-6-11)19(14,17)18/h5-8H,2,4,9H2,1,3H3. The van der Waals surface area contributed by atoms with E-state index in [0.29, 0.717) is 18.7 Å². The zero-order valence-electron chi connectivity index (χ0n) is 10.9. The SMILES string of the molecule is C=C(C)CN(CC)C(=O)c1ccc(S(=O)(=O)Cl)cc1. The topological polar surface area (TPSA) is 54.5 Å². The highest BCUT2D eigenvalue weighted by Crippen LogP contribution is 2.16. The summed E-state index contributed by atoms with van der Waals surface area (Å²) >= 11 is 0. The molecular weight excluding hydrogens is 286 g/mol. The normalized spacial score (nSPS) is 11.1. The number of rotatable bonds is 5. The van der Waals surface area contributed by atoms with Crippen LogP contribution in [0.2, 0.25) is 0 Å². The van der Waals surface area contributed by atoms with Crippen LogP contribution >= 0.6 is 10.7 Å². The third kappa shape index (κ3) is 4.36. The van der Waals surface area contributed by atoms with Gasteiger partial charge in [-0.3, -0.25) is 4.79 Å². The highest BCUT2D eigenvalue weighted by Gasteiger charge is 2.16. The molecule has 0 radical (unpaired) electrons. The van der Waals surface area contributed by atoms with E-state index in [-0.39, 0.29) is 10.8 Å². The van der Waals surface area contributed by atoms with E-state index in [1.54, 1.807) is 4.90 Å². The van der Waals surface area contributed by atoms with Crippen molar-refractivity contribution < 1.29 is 13.2 Å². The van der Waals surface area contributed by atoms with Crippen molar-refractivity contribution in [2.75, 3.05) is 13.1 Å². The molecule has 0 heterocycles. The molecule has 0 aliphatic rings. The summed E-state index contributed by atoms with van der Waals surface area (Å²) in [7, 11) is 1.46. The van der Waals surface area contributed by atoms with E-state index in [2.05, 4.69) is 6.58 Å². The van der Waals surface area contributed by atoms with Crippen molar-refractivity contribution in [1.29, 1.82) is 0 Å². The van der Waals surface area contributed by atoms with E-state index in [9.17, 15) is 13.2 Å². The predicted molar refractivity (Wildman–Crippen MR) is 75.9 cm³/mol. The van der Waals surface area contributed by atoms with Crippen LogP contribution in [0.4, 0.5) is 0 Å². The van der Waals surface area contributed by atoms with Crippen molar-refractivity contribution in [2.24, 2.45) is 0 Å². The molecule has 0 unspecified atom stereocenters. The monoisotopic (exact) mass is 301 g/mol. The maximum absolute atomic E-state index is 12.2. The van der Waals surface area contributed by atoms with Gasteiger partial charge in [-0.25, -0.2) is 8.42 Å². The van der Waals surface area contributed by atoms with Gasteiger partial charge in [0.05, 0.1) is 4.90 Å². The summed E-state index contributed by atoms with van der Waals surface area (Å²) in [5, 5.41) is 0. The fraction of sp³-hybridized carbons (Fsp3) is 0.308. The average Bonchev–Trinajstić information content (AvgIpc) is 2.34. The molecule has 0 saturated carbocycles. The number of amides is 1. The van der Waals surface area contributed by atoms with Crippen LogP contribution in [0, 0.1) is 0 Å². The van der Waals surface area contributed by atoms with Gasteiger partial charge in [-0.15, -0.1) is 0 Å². The van der Waals surface area contributed by atoms with E-state index in [1.807, 2.05) is 13.8 Å². The maximum Gasteiger partial charge on any atom is 0.261 e. The first-order valence-corrected chi connectivity index (χ1v) is 8.05. The van der Waals surface area contributed by atoms with Crippen LogP contribution in [-0.4, -0.2) is 32.3 Å². The summed E-state index contributed by atoms with van der Waals surface area (Å²) in [4.78, 5) is 13.8. The highest BCUT2D eigenvalue weighted by molar-refractivity contribution is 8.13. The number of benzene rings is 1. The fourth-order valence-electron chi connectivity index (χ4n) is 1.60. The van der Waals surface area contributed by atoms with Gasteiger partial charge < -0.3 is 4.90 Å². The molecular formula is C13H16ClNO3S. The summed E-state index contributed by atoms with van der Waals surface area (Å²) in [6.45, 7) is 8.53. The van der Waals surface area contributed by atoms with Crippen molar-refractivity contribution in [3.8, 4) is 0 Å². The van der Waals surface area contributed by atoms with E-state index in [0.717, 1.165) is 5.57 Å². The van der Waals surface area contributed by atoms with Crippen molar-refractivity contribution >= 4 is 25.6 Å². The Morgan fingerprint density at radius 3 is 2.21 bits per heavy atom.